The first-order valence-electron chi connectivity index (χ1n) is 22.2. The van der Waals surface area contributed by atoms with Crippen molar-refractivity contribution in [3.63, 3.8) is 0 Å². The summed E-state index contributed by atoms with van der Waals surface area (Å²) in [7, 11) is 27.7. The van der Waals surface area contributed by atoms with Crippen molar-refractivity contribution in [3.8, 4) is 44.8 Å². The number of nitrogens with zero attached hydrogens (tertiary/aromatic N) is 2. The van der Waals surface area contributed by atoms with E-state index in [1.54, 1.807) is 0 Å². The van der Waals surface area contributed by atoms with Gasteiger partial charge in [-0.3, -0.25) is 0 Å². The van der Waals surface area contributed by atoms with E-state index in [0.717, 1.165) is 0 Å². The fraction of sp³-hybridized carbons (Fsp3) is 0. The number of benzene rings is 8. The van der Waals surface area contributed by atoms with Crippen LogP contribution in [0.25, 0.3) is 88.4 Å². The van der Waals surface area contributed by atoms with E-state index in [1.165, 1.54) is 154 Å². The number of aromatic nitrogens is 2. The molecule has 0 amide bonds. The standard InChI is InChI=1S/C48H44B12N2/c49-25-11-12-36(29(50)16-25)62-47-34(55)18-27(41(57)38(47)37-30(51)19-32(53)44(60)48(37)62)28-17-33(54)45-39(42(28)58)40-43(59)31(52)20-35(56)46(40)61(45)26-14-23(21-7-3-1-4-8-21)13-24(15-26)22-9-5-2-6-10-22/h1-20H,49-60H2. The van der Waals surface area contributed by atoms with E-state index in [1.807, 2.05) is 0 Å². The van der Waals surface area contributed by atoms with Crippen LogP contribution in [0.15, 0.2) is 121 Å². The molecular formula is C48H44B12N2. The molecule has 10 rings (SSSR count). The van der Waals surface area contributed by atoms with Crippen molar-refractivity contribution >= 4 is 203 Å². The van der Waals surface area contributed by atoms with Gasteiger partial charge in [0.2, 0.25) is 0 Å². The molecule has 10 aromatic rings. The highest BCUT2D eigenvalue weighted by atomic mass is 15.0. The molecule has 0 aliphatic heterocycles. The maximum atomic E-state index is 2.59. The molecule has 14 heteroatoms. The molecule has 0 aliphatic carbocycles. The van der Waals surface area contributed by atoms with Crippen molar-refractivity contribution in [3.05, 3.63) is 121 Å². The van der Waals surface area contributed by atoms with Gasteiger partial charge in [0.25, 0.3) is 0 Å². The van der Waals surface area contributed by atoms with Gasteiger partial charge < -0.3 is 9.13 Å². The van der Waals surface area contributed by atoms with Crippen molar-refractivity contribution in [2.24, 2.45) is 0 Å². The smallest absolute Gasteiger partial charge is 0.142 e. The quantitative estimate of drug-likeness (QED) is 0.154. The first kappa shape index (κ1) is 40.2. The Morgan fingerprint density at radius 3 is 1.31 bits per heavy atom. The van der Waals surface area contributed by atoms with E-state index >= 15 is 0 Å². The van der Waals surface area contributed by atoms with Crippen LogP contribution in [0.5, 0.6) is 0 Å². The van der Waals surface area contributed by atoms with Gasteiger partial charge in [-0.2, -0.15) is 0 Å². The fourth-order valence-corrected chi connectivity index (χ4v) is 11.0. The Kier molecular flexibility index (Phi) is 9.67. The summed E-state index contributed by atoms with van der Waals surface area (Å²) in [4.78, 5) is 0. The average Bonchev–Trinajstić information content (AvgIpc) is 3.82. The zero-order valence-corrected chi connectivity index (χ0v) is 38.4. The Hall–Kier alpha value is -5.86. The molecule has 2 heterocycles. The van der Waals surface area contributed by atoms with Crippen LogP contribution in [0, 0.1) is 0 Å². The molecule has 282 valence electrons. The molecule has 0 fully saturated rings. The van der Waals surface area contributed by atoms with E-state index in [-0.39, 0.29) is 0 Å². The first-order chi connectivity index (χ1) is 29.7. The summed E-state index contributed by atoms with van der Waals surface area (Å²) in [6.45, 7) is 0. The number of hydrogen-bond acceptors (Lipinski definition) is 0. The molecule has 0 saturated heterocycles. The molecule has 0 aliphatic rings. The van der Waals surface area contributed by atoms with Crippen molar-refractivity contribution in [1.82, 2.24) is 9.13 Å². The molecule has 0 radical (unpaired) electrons. The molecule has 62 heavy (non-hydrogen) atoms. The minimum Gasteiger partial charge on any atom is -0.311 e. The average molecular weight is 779 g/mol. The van der Waals surface area contributed by atoms with Crippen LogP contribution in [0.3, 0.4) is 0 Å². The van der Waals surface area contributed by atoms with Crippen LogP contribution < -0.4 is 65.6 Å². The molecule has 0 bridgehead atoms. The lowest BCUT2D eigenvalue weighted by Crippen LogP contribution is -2.32. The van der Waals surface area contributed by atoms with Crippen LogP contribution in [-0.2, 0) is 0 Å². The van der Waals surface area contributed by atoms with E-state index in [4.69, 9.17) is 0 Å². The van der Waals surface area contributed by atoms with E-state index in [2.05, 4.69) is 225 Å². The highest BCUT2D eigenvalue weighted by molar-refractivity contribution is 6.62. The van der Waals surface area contributed by atoms with Gasteiger partial charge in [-0.15, -0.1) is 0 Å². The fourth-order valence-electron chi connectivity index (χ4n) is 11.0. The third-order valence-corrected chi connectivity index (χ3v) is 14.2. The minimum atomic E-state index is 1.18. The van der Waals surface area contributed by atoms with Crippen LogP contribution >= 0.6 is 0 Å². The second-order valence-electron chi connectivity index (χ2n) is 18.4. The topological polar surface area (TPSA) is 9.86 Å². The summed E-state index contributed by atoms with van der Waals surface area (Å²) in [5, 5.41) is 5.44. The minimum absolute atomic E-state index is 1.18. The lowest BCUT2D eigenvalue weighted by Gasteiger charge is -2.19. The third-order valence-electron chi connectivity index (χ3n) is 14.2. The normalized spacial score (nSPS) is 11.7. The van der Waals surface area contributed by atoms with Gasteiger partial charge in [-0.25, -0.2) is 0 Å². The highest BCUT2D eigenvalue weighted by Gasteiger charge is 2.26. The third kappa shape index (κ3) is 6.04. The largest absolute Gasteiger partial charge is 0.311 e. The van der Waals surface area contributed by atoms with E-state index < -0.39 is 0 Å². The van der Waals surface area contributed by atoms with Crippen molar-refractivity contribution < 1.29 is 0 Å². The van der Waals surface area contributed by atoms with Gasteiger partial charge in [0.1, 0.15) is 94.2 Å². The summed E-state index contributed by atoms with van der Waals surface area (Å²) in [5.74, 6) is 0. The van der Waals surface area contributed by atoms with Crippen molar-refractivity contribution in [2.45, 2.75) is 0 Å². The number of hydrogen-bond donors (Lipinski definition) is 0. The molecule has 0 unspecified atom stereocenters. The second kappa shape index (κ2) is 14.9. The monoisotopic (exact) mass is 780 g/mol. The SMILES string of the molecule is Bc1ccc(-n2c3c(B)cc(-c4cc(B)c5c(c4B)c4c(B)c(B)cc(B)c4n5-c4cc(-c5ccccc5)cc(-c5ccccc5)c4)c(B)c3c3c(B)cc(B)c(B)c32)c(B)c1. The van der Waals surface area contributed by atoms with Gasteiger partial charge in [0.15, 0.2) is 0 Å². The van der Waals surface area contributed by atoms with Gasteiger partial charge in [0.05, 0.1) is 0 Å². The number of rotatable bonds is 5. The molecule has 2 nitrogen and oxygen atoms in total. The van der Waals surface area contributed by atoms with Gasteiger partial charge >= 0.3 is 0 Å². The van der Waals surface area contributed by atoms with E-state index in [0.29, 0.717) is 0 Å². The molecular weight excluding hydrogens is 734 g/mol. The van der Waals surface area contributed by atoms with Crippen LogP contribution in [0.1, 0.15) is 0 Å². The zero-order chi connectivity index (χ0) is 43.5. The van der Waals surface area contributed by atoms with Crippen molar-refractivity contribution in [2.75, 3.05) is 0 Å². The molecule has 0 spiro atoms. The molecule has 0 saturated carbocycles. The van der Waals surface area contributed by atoms with Gasteiger partial charge in [-0.05, 0) is 63.0 Å². The number of fused-ring (bicyclic) bond motifs is 6. The van der Waals surface area contributed by atoms with Crippen LogP contribution in [0.2, 0.25) is 0 Å². The maximum Gasteiger partial charge on any atom is 0.142 e. The Bertz CT molecular complexity index is 3480. The summed E-state index contributed by atoms with van der Waals surface area (Å²) in [6.07, 6.45) is 0. The lowest BCUT2D eigenvalue weighted by molar-refractivity contribution is 1.19. The zero-order valence-electron chi connectivity index (χ0n) is 38.4. The Balaban J connectivity index is 1.32. The highest BCUT2D eigenvalue weighted by Crippen LogP contribution is 2.36. The maximum absolute atomic E-state index is 2.59. The Morgan fingerprint density at radius 2 is 0.758 bits per heavy atom. The first-order valence-corrected chi connectivity index (χ1v) is 22.2. The molecule has 8 aromatic carbocycles. The van der Waals surface area contributed by atoms with E-state index in [9.17, 15) is 0 Å². The van der Waals surface area contributed by atoms with Crippen LogP contribution in [0.4, 0.5) is 0 Å². The van der Waals surface area contributed by atoms with Gasteiger partial charge in [-0.1, -0.05) is 163 Å². The summed E-state index contributed by atoms with van der Waals surface area (Å²) < 4.78 is 5.17. The Labute approximate surface area is 376 Å². The van der Waals surface area contributed by atoms with Gasteiger partial charge in [0, 0.05) is 49.6 Å². The Morgan fingerprint density at radius 1 is 0.290 bits per heavy atom. The lowest BCUT2D eigenvalue weighted by atomic mass is 9.70. The van der Waals surface area contributed by atoms with Crippen LogP contribution in [-0.4, -0.2) is 103 Å². The summed E-state index contributed by atoms with van der Waals surface area (Å²) in [5.41, 5.74) is 30.9. The predicted molar refractivity (Wildman–Crippen MR) is 310 cm³/mol. The van der Waals surface area contributed by atoms with Crippen molar-refractivity contribution in [1.29, 1.82) is 0 Å². The molecule has 0 atom stereocenters. The summed E-state index contributed by atoms with van der Waals surface area (Å²) >= 11 is 0. The predicted octanol–water partition coefficient (Wildman–Crippen LogP) is -8.02. The summed E-state index contributed by atoms with van der Waals surface area (Å²) in [6, 6.07) is 45.5. The molecule has 2 aromatic heterocycles. The molecule has 0 N–H and O–H groups in total. The second-order valence-corrected chi connectivity index (χ2v) is 18.4.